The molecule has 1 atom stereocenters. The maximum absolute atomic E-state index is 9.54. The van der Waals surface area contributed by atoms with Gasteiger partial charge in [0.05, 0.1) is 12.6 Å². The lowest BCUT2D eigenvalue weighted by Gasteiger charge is -2.28. The van der Waals surface area contributed by atoms with Crippen molar-refractivity contribution >= 4 is 11.6 Å². The van der Waals surface area contributed by atoms with E-state index in [0.29, 0.717) is 5.92 Å². The Kier molecular flexibility index (Phi) is 5.17. The highest BCUT2D eigenvalue weighted by Crippen LogP contribution is 2.34. The fraction of sp³-hybridized carbons (Fsp3) is 0.733. The second-order valence-electron chi connectivity index (χ2n) is 5.71. The molecule has 1 unspecified atom stereocenters. The summed E-state index contributed by atoms with van der Waals surface area (Å²) in [6.45, 7) is 8.56. The molecule has 112 valence electrons. The molecule has 0 aliphatic carbocycles. The number of aliphatic hydroxyl groups is 1. The maximum atomic E-state index is 9.54. The molecule has 2 heterocycles. The van der Waals surface area contributed by atoms with Crippen LogP contribution in [0.2, 0.25) is 0 Å². The summed E-state index contributed by atoms with van der Waals surface area (Å²) in [7, 11) is 0. The molecule has 1 aromatic rings. The van der Waals surface area contributed by atoms with Gasteiger partial charge in [-0.25, -0.2) is 9.97 Å². The topological polar surface area (TPSA) is 61.3 Å². The molecule has 0 spiro atoms. The number of nitrogens with zero attached hydrogens (tertiary/aromatic N) is 3. The van der Waals surface area contributed by atoms with Gasteiger partial charge in [-0.3, -0.25) is 0 Å². The smallest absolute Gasteiger partial charge is 0.137 e. The van der Waals surface area contributed by atoms with Crippen molar-refractivity contribution in [3.63, 3.8) is 0 Å². The molecule has 1 fully saturated rings. The Hall–Kier alpha value is -1.36. The standard InChI is InChI=1S/C15H26N4O/c1-4-7-16-14-13(11(2)3)15(18-10-17-14)19-8-5-6-12(19)9-20/h10-12,20H,4-9H2,1-3H3,(H,16,17,18). The highest BCUT2D eigenvalue weighted by Gasteiger charge is 2.28. The SMILES string of the molecule is CCCNc1ncnc(N2CCCC2CO)c1C(C)C. The van der Waals surface area contributed by atoms with Gasteiger partial charge in [-0.1, -0.05) is 20.8 Å². The first-order chi connectivity index (χ1) is 9.69. The number of anilines is 2. The van der Waals surface area contributed by atoms with E-state index in [1.165, 1.54) is 5.56 Å². The van der Waals surface area contributed by atoms with Crippen LogP contribution in [0, 0.1) is 0 Å². The largest absolute Gasteiger partial charge is 0.394 e. The predicted octanol–water partition coefficient (Wildman–Crippen LogP) is 2.38. The van der Waals surface area contributed by atoms with Crippen molar-refractivity contribution < 1.29 is 5.11 Å². The van der Waals surface area contributed by atoms with Crippen LogP contribution in [0.5, 0.6) is 0 Å². The van der Waals surface area contributed by atoms with Crippen molar-refractivity contribution in [1.82, 2.24) is 9.97 Å². The summed E-state index contributed by atoms with van der Waals surface area (Å²) >= 11 is 0. The average Bonchev–Trinajstić information content (AvgIpc) is 2.92. The van der Waals surface area contributed by atoms with Gasteiger partial charge in [-0.15, -0.1) is 0 Å². The normalized spacial score (nSPS) is 18.9. The summed E-state index contributed by atoms with van der Waals surface area (Å²) < 4.78 is 0. The van der Waals surface area contributed by atoms with Gasteiger partial charge in [0.15, 0.2) is 0 Å². The van der Waals surface area contributed by atoms with Gasteiger partial charge in [0, 0.05) is 18.7 Å². The molecule has 1 aromatic heterocycles. The van der Waals surface area contributed by atoms with Crippen LogP contribution in [0.25, 0.3) is 0 Å². The van der Waals surface area contributed by atoms with Crippen LogP contribution in [-0.4, -0.2) is 40.8 Å². The van der Waals surface area contributed by atoms with E-state index in [0.717, 1.165) is 44.0 Å². The first-order valence-electron chi connectivity index (χ1n) is 7.65. The summed E-state index contributed by atoms with van der Waals surface area (Å²) in [6.07, 6.45) is 4.85. The number of rotatable bonds is 6. The number of aromatic nitrogens is 2. The van der Waals surface area contributed by atoms with Gasteiger partial charge >= 0.3 is 0 Å². The van der Waals surface area contributed by atoms with Gasteiger partial charge in [0.1, 0.15) is 18.0 Å². The van der Waals surface area contributed by atoms with E-state index in [2.05, 4.69) is 41.0 Å². The summed E-state index contributed by atoms with van der Waals surface area (Å²) in [5.74, 6) is 2.28. The van der Waals surface area contributed by atoms with Crippen LogP contribution in [-0.2, 0) is 0 Å². The van der Waals surface area contributed by atoms with E-state index in [1.807, 2.05) is 0 Å². The van der Waals surface area contributed by atoms with Crippen molar-refractivity contribution in [2.75, 3.05) is 29.9 Å². The molecular formula is C15H26N4O. The zero-order valence-corrected chi connectivity index (χ0v) is 12.8. The molecule has 0 radical (unpaired) electrons. The summed E-state index contributed by atoms with van der Waals surface area (Å²) in [4.78, 5) is 11.2. The summed E-state index contributed by atoms with van der Waals surface area (Å²) in [5, 5.41) is 12.9. The Morgan fingerprint density at radius 1 is 1.45 bits per heavy atom. The van der Waals surface area contributed by atoms with Crippen molar-refractivity contribution in [3.05, 3.63) is 11.9 Å². The predicted molar refractivity (Wildman–Crippen MR) is 82.4 cm³/mol. The van der Waals surface area contributed by atoms with Crippen LogP contribution in [0.4, 0.5) is 11.6 Å². The van der Waals surface area contributed by atoms with Crippen LogP contribution < -0.4 is 10.2 Å². The third-order valence-corrected chi connectivity index (χ3v) is 3.84. The first kappa shape index (κ1) is 15.0. The van der Waals surface area contributed by atoms with Crippen LogP contribution in [0.1, 0.15) is 51.5 Å². The van der Waals surface area contributed by atoms with Crippen molar-refractivity contribution in [3.8, 4) is 0 Å². The molecule has 1 aliphatic heterocycles. The van der Waals surface area contributed by atoms with E-state index >= 15 is 0 Å². The van der Waals surface area contributed by atoms with Crippen molar-refractivity contribution in [2.24, 2.45) is 0 Å². The molecule has 20 heavy (non-hydrogen) atoms. The zero-order valence-electron chi connectivity index (χ0n) is 12.8. The van der Waals surface area contributed by atoms with Gasteiger partial charge in [0.2, 0.25) is 0 Å². The third kappa shape index (κ3) is 3.03. The number of hydrogen-bond donors (Lipinski definition) is 2. The minimum absolute atomic E-state index is 0.194. The molecule has 5 heteroatoms. The quantitative estimate of drug-likeness (QED) is 0.836. The minimum atomic E-state index is 0.194. The van der Waals surface area contributed by atoms with Crippen LogP contribution in [0.3, 0.4) is 0 Å². The van der Waals surface area contributed by atoms with E-state index in [9.17, 15) is 5.11 Å². The highest BCUT2D eigenvalue weighted by atomic mass is 16.3. The summed E-state index contributed by atoms with van der Waals surface area (Å²) in [6, 6.07) is 0.196. The molecule has 2 rings (SSSR count). The molecule has 0 amide bonds. The second-order valence-corrected chi connectivity index (χ2v) is 5.71. The molecule has 0 aromatic carbocycles. The second kappa shape index (κ2) is 6.88. The Balaban J connectivity index is 2.36. The number of hydrogen-bond acceptors (Lipinski definition) is 5. The molecular weight excluding hydrogens is 252 g/mol. The lowest BCUT2D eigenvalue weighted by Crippen LogP contribution is -2.34. The fourth-order valence-electron chi connectivity index (χ4n) is 2.84. The fourth-order valence-corrected chi connectivity index (χ4v) is 2.84. The Bertz CT molecular complexity index is 436. The first-order valence-corrected chi connectivity index (χ1v) is 7.65. The highest BCUT2D eigenvalue weighted by molar-refractivity contribution is 5.61. The van der Waals surface area contributed by atoms with Crippen LogP contribution >= 0.6 is 0 Å². The number of nitrogens with one attached hydrogen (secondary N) is 1. The van der Waals surface area contributed by atoms with Gasteiger partial charge in [0.25, 0.3) is 0 Å². The van der Waals surface area contributed by atoms with E-state index in [1.54, 1.807) is 6.33 Å². The summed E-state index contributed by atoms with van der Waals surface area (Å²) in [5.41, 5.74) is 1.17. The van der Waals surface area contributed by atoms with Gasteiger partial charge in [-0.05, 0) is 25.2 Å². The Morgan fingerprint density at radius 3 is 2.90 bits per heavy atom. The molecule has 5 nitrogen and oxygen atoms in total. The van der Waals surface area contributed by atoms with Crippen LogP contribution in [0.15, 0.2) is 6.33 Å². The van der Waals surface area contributed by atoms with Crippen molar-refractivity contribution in [2.45, 2.75) is 52.0 Å². The maximum Gasteiger partial charge on any atom is 0.137 e. The minimum Gasteiger partial charge on any atom is -0.394 e. The van der Waals surface area contributed by atoms with Gasteiger partial charge < -0.3 is 15.3 Å². The van der Waals surface area contributed by atoms with E-state index in [-0.39, 0.29) is 12.6 Å². The average molecular weight is 278 g/mol. The van der Waals surface area contributed by atoms with Crippen molar-refractivity contribution in [1.29, 1.82) is 0 Å². The Labute approximate surface area is 121 Å². The zero-order chi connectivity index (χ0) is 14.5. The third-order valence-electron chi connectivity index (χ3n) is 3.84. The van der Waals surface area contributed by atoms with E-state index in [4.69, 9.17) is 0 Å². The van der Waals surface area contributed by atoms with Gasteiger partial charge in [-0.2, -0.15) is 0 Å². The number of aliphatic hydroxyl groups excluding tert-OH is 1. The molecule has 2 N–H and O–H groups in total. The van der Waals surface area contributed by atoms with E-state index < -0.39 is 0 Å². The molecule has 0 bridgehead atoms. The lowest BCUT2D eigenvalue weighted by atomic mass is 10.0. The molecule has 1 saturated heterocycles. The molecule has 1 aliphatic rings. The monoisotopic (exact) mass is 278 g/mol. The lowest BCUT2D eigenvalue weighted by molar-refractivity contribution is 0.266. The molecule has 0 saturated carbocycles. The Morgan fingerprint density at radius 2 is 2.25 bits per heavy atom.